The highest BCUT2D eigenvalue weighted by Crippen LogP contribution is 2.21. The maximum Gasteiger partial charge on any atom is 0.349 e. The Balaban J connectivity index is 1.88. The minimum Gasteiger partial charge on any atom is -0.507 e. The van der Waals surface area contributed by atoms with Crippen molar-refractivity contribution in [1.29, 1.82) is 0 Å². The number of benzene rings is 3. The van der Waals surface area contributed by atoms with Crippen LogP contribution >= 0.6 is 23.2 Å². The molecule has 2 atom stereocenters. The van der Waals surface area contributed by atoms with Crippen LogP contribution in [0.25, 0.3) is 0 Å². The minimum absolute atomic E-state index is 0.0642. The number of phenolic OH excluding ortho intramolecular Hbond substituents is 1. The first-order valence-electron chi connectivity index (χ1n) is 10.6. The quantitative estimate of drug-likeness (QED) is 0.239. The fraction of sp³-hybridized carbons (Fsp3) is 0.0800. The summed E-state index contributed by atoms with van der Waals surface area (Å²) in [6.45, 7) is 0. The van der Waals surface area contributed by atoms with E-state index in [-0.39, 0.29) is 26.7 Å². The molecule has 0 aliphatic rings. The number of aliphatic carboxylic acids is 1. The highest BCUT2D eigenvalue weighted by atomic mass is 35.5. The number of carbonyl (C=O) groups is 5. The summed E-state index contributed by atoms with van der Waals surface area (Å²) >= 11 is 12.0. The number of aromatic hydroxyl groups is 1. The molecule has 0 aromatic heterocycles. The molecule has 3 rings (SSSR count). The van der Waals surface area contributed by atoms with Crippen LogP contribution in [0.4, 0.5) is 0 Å². The number of rotatable bonds is 8. The van der Waals surface area contributed by atoms with E-state index in [4.69, 9.17) is 32.7 Å². The Morgan fingerprint density at radius 1 is 0.658 bits per heavy atom. The van der Waals surface area contributed by atoms with E-state index >= 15 is 0 Å². The van der Waals surface area contributed by atoms with Gasteiger partial charge in [-0.2, -0.15) is 0 Å². The van der Waals surface area contributed by atoms with E-state index < -0.39 is 47.7 Å². The van der Waals surface area contributed by atoms with Gasteiger partial charge in [0.05, 0.1) is 26.7 Å². The molecule has 13 heteroatoms. The normalized spacial score (nSPS) is 11.9. The number of carboxylic acids is 1. The van der Waals surface area contributed by atoms with Gasteiger partial charge in [-0.3, -0.25) is 20.4 Å². The number of esters is 2. The van der Waals surface area contributed by atoms with Crippen LogP contribution in [0.2, 0.25) is 10.0 Å². The highest BCUT2D eigenvalue weighted by molar-refractivity contribution is 6.34. The number of phenols is 1. The van der Waals surface area contributed by atoms with Crippen LogP contribution in [-0.4, -0.2) is 52.1 Å². The number of ether oxygens (including phenoxy) is 2. The molecule has 0 unspecified atom stereocenters. The van der Waals surface area contributed by atoms with Gasteiger partial charge in [-0.15, -0.1) is 0 Å². The number of carbonyl (C=O) groups excluding carboxylic acids is 4. The largest absolute Gasteiger partial charge is 0.507 e. The molecule has 0 fully saturated rings. The molecule has 3 aromatic rings. The predicted octanol–water partition coefficient (Wildman–Crippen LogP) is 3.00. The van der Waals surface area contributed by atoms with Crippen molar-refractivity contribution in [3.63, 3.8) is 0 Å². The number of hydrazine groups is 1. The Morgan fingerprint density at radius 2 is 1.11 bits per heavy atom. The van der Waals surface area contributed by atoms with Crippen LogP contribution < -0.4 is 10.9 Å². The van der Waals surface area contributed by atoms with Gasteiger partial charge in [-0.05, 0) is 36.4 Å². The second-order valence-electron chi connectivity index (χ2n) is 7.41. The third-order valence-electron chi connectivity index (χ3n) is 4.88. The molecule has 0 radical (unpaired) electrons. The van der Waals surface area contributed by atoms with Gasteiger partial charge >= 0.3 is 17.9 Å². The zero-order valence-corrected chi connectivity index (χ0v) is 20.6. The van der Waals surface area contributed by atoms with Gasteiger partial charge in [0.1, 0.15) is 5.75 Å². The average molecular weight is 561 g/mol. The molecule has 0 bridgehead atoms. The summed E-state index contributed by atoms with van der Waals surface area (Å²) in [7, 11) is 0. The van der Waals surface area contributed by atoms with Gasteiger partial charge in [0.15, 0.2) is 0 Å². The molecule has 0 aliphatic heterocycles. The highest BCUT2D eigenvalue weighted by Gasteiger charge is 2.41. The Kier molecular flexibility index (Phi) is 9.25. The second kappa shape index (κ2) is 12.6. The Morgan fingerprint density at radius 3 is 1.58 bits per heavy atom. The van der Waals surface area contributed by atoms with Crippen molar-refractivity contribution in [2.75, 3.05) is 0 Å². The van der Waals surface area contributed by atoms with E-state index in [1.54, 1.807) is 0 Å². The third-order valence-corrected chi connectivity index (χ3v) is 5.54. The molecule has 0 heterocycles. The summed E-state index contributed by atoms with van der Waals surface area (Å²) < 4.78 is 10.1. The van der Waals surface area contributed by atoms with E-state index in [1.165, 1.54) is 72.8 Å². The standard InChI is InChI=1S/C25H18Cl2N2O9/c26-16-10-4-1-7-13(16)24(35)37-19(22(32)29-28-21(31)15-9-3-6-12-18(15)30)20(23(33)34)38-25(36)14-8-2-5-11-17(14)27/h1-12,19-20,30H,(H,28,31)(H,29,32)(H,33,34)/t19-,20+/m1/s1. The Bertz CT molecular complexity index is 1400. The molecular weight excluding hydrogens is 543 g/mol. The predicted molar refractivity (Wildman–Crippen MR) is 133 cm³/mol. The fourth-order valence-corrected chi connectivity index (χ4v) is 3.45. The van der Waals surface area contributed by atoms with Crippen molar-refractivity contribution in [2.24, 2.45) is 0 Å². The van der Waals surface area contributed by atoms with E-state index in [9.17, 15) is 34.2 Å². The Labute approximate surface area is 224 Å². The van der Waals surface area contributed by atoms with Gasteiger partial charge in [0, 0.05) is 0 Å². The topological polar surface area (TPSA) is 168 Å². The zero-order valence-electron chi connectivity index (χ0n) is 19.1. The van der Waals surface area contributed by atoms with Crippen molar-refractivity contribution in [1.82, 2.24) is 10.9 Å². The average Bonchev–Trinajstić information content (AvgIpc) is 2.89. The molecule has 196 valence electrons. The molecule has 38 heavy (non-hydrogen) atoms. The minimum atomic E-state index is -2.38. The summed E-state index contributed by atoms with van der Waals surface area (Å²) in [6, 6.07) is 16.5. The van der Waals surface area contributed by atoms with E-state index in [0.29, 0.717) is 0 Å². The van der Waals surface area contributed by atoms with Crippen molar-refractivity contribution in [3.8, 4) is 5.75 Å². The van der Waals surface area contributed by atoms with Gasteiger partial charge < -0.3 is 19.7 Å². The lowest BCUT2D eigenvalue weighted by Crippen LogP contribution is -2.54. The van der Waals surface area contributed by atoms with Gasteiger partial charge in [0.25, 0.3) is 11.8 Å². The number of amides is 2. The summed E-state index contributed by atoms with van der Waals surface area (Å²) in [5.74, 6) is -7.07. The lowest BCUT2D eigenvalue weighted by molar-refractivity contribution is -0.159. The SMILES string of the molecule is O=C(NNC(=O)[C@H](OC(=O)c1ccccc1Cl)[C@H](OC(=O)c1ccccc1Cl)C(=O)O)c1ccccc1O. The summed E-state index contributed by atoms with van der Waals surface area (Å²) in [5.41, 5.74) is 3.20. The number of carboxylic acid groups (broad SMARTS) is 1. The molecule has 0 saturated heterocycles. The first-order valence-corrected chi connectivity index (χ1v) is 11.4. The van der Waals surface area contributed by atoms with Crippen molar-refractivity contribution in [3.05, 3.63) is 99.5 Å². The molecule has 11 nitrogen and oxygen atoms in total. The number of hydrogen-bond donors (Lipinski definition) is 4. The molecule has 3 aromatic carbocycles. The van der Waals surface area contributed by atoms with Crippen LogP contribution in [0, 0.1) is 0 Å². The first-order chi connectivity index (χ1) is 18.1. The monoisotopic (exact) mass is 560 g/mol. The number of halogens is 2. The van der Waals surface area contributed by atoms with Crippen LogP contribution in [0.3, 0.4) is 0 Å². The van der Waals surface area contributed by atoms with Crippen molar-refractivity contribution >= 4 is 52.9 Å². The fourth-order valence-electron chi connectivity index (χ4n) is 3.03. The maximum absolute atomic E-state index is 13.0. The lowest BCUT2D eigenvalue weighted by atomic mass is 10.1. The van der Waals surface area contributed by atoms with E-state index in [1.807, 2.05) is 10.9 Å². The summed E-state index contributed by atoms with van der Waals surface area (Å²) in [6.07, 6.45) is -4.69. The van der Waals surface area contributed by atoms with Crippen molar-refractivity contribution < 1.29 is 43.7 Å². The maximum atomic E-state index is 13.0. The molecule has 4 N–H and O–H groups in total. The molecular formula is C25H18Cl2N2O9. The van der Waals surface area contributed by atoms with Crippen LogP contribution in [-0.2, 0) is 19.1 Å². The Hall–Kier alpha value is -4.61. The third kappa shape index (κ3) is 6.78. The second-order valence-corrected chi connectivity index (χ2v) is 8.22. The zero-order chi connectivity index (χ0) is 27.8. The first kappa shape index (κ1) is 28.0. The van der Waals surface area contributed by atoms with Gasteiger partial charge in [-0.1, -0.05) is 59.6 Å². The molecule has 0 aliphatic carbocycles. The molecule has 2 amide bonds. The summed E-state index contributed by atoms with van der Waals surface area (Å²) in [4.78, 5) is 62.8. The van der Waals surface area contributed by atoms with Gasteiger partial charge in [0.2, 0.25) is 12.2 Å². The van der Waals surface area contributed by atoms with Crippen LogP contribution in [0.15, 0.2) is 72.8 Å². The summed E-state index contributed by atoms with van der Waals surface area (Å²) in [5, 5.41) is 19.4. The molecule has 0 spiro atoms. The number of hydrogen-bond acceptors (Lipinski definition) is 8. The van der Waals surface area contributed by atoms with Crippen LogP contribution in [0.1, 0.15) is 31.1 Å². The van der Waals surface area contributed by atoms with E-state index in [0.717, 1.165) is 0 Å². The van der Waals surface area contributed by atoms with E-state index in [2.05, 4.69) is 0 Å². The van der Waals surface area contributed by atoms with Crippen molar-refractivity contribution in [2.45, 2.75) is 12.2 Å². The molecule has 0 saturated carbocycles. The number of para-hydroxylation sites is 1. The number of nitrogens with one attached hydrogen (secondary N) is 2. The lowest BCUT2D eigenvalue weighted by Gasteiger charge is -2.24. The smallest absolute Gasteiger partial charge is 0.349 e. The van der Waals surface area contributed by atoms with Gasteiger partial charge in [-0.25, -0.2) is 14.4 Å². The van der Waals surface area contributed by atoms with Crippen LogP contribution in [0.5, 0.6) is 5.75 Å².